The van der Waals surface area contributed by atoms with E-state index in [1.54, 1.807) is 12.1 Å². The standard InChI is InChI=1S/C16H14FNO2S/c1-11-3-6-15(7-12(11)2)21(19,20)10-14-5-4-13(9-18)8-16(14)17/h3-8H,10H2,1-2H3. The molecule has 108 valence electrons. The summed E-state index contributed by atoms with van der Waals surface area (Å²) in [5, 5.41) is 8.69. The fraction of sp³-hybridized carbons (Fsp3) is 0.188. The van der Waals surface area contributed by atoms with Crippen LogP contribution in [-0.4, -0.2) is 8.42 Å². The van der Waals surface area contributed by atoms with Crippen molar-refractivity contribution < 1.29 is 12.8 Å². The Morgan fingerprint density at radius 2 is 1.81 bits per heavy atom. The Labute approximate surface area is 123 Å². The van der Waals surface area contributed by atoms with Gasteiger partial charge in [0.1, 0.15) is 5.82 Å². The highest BCUT2D eigenvalue weighted by atomic mass is 32.2. The second-order valence-corrected chi connectivity index (χ2v) is 6.91. The normalized spacial score (nSPS) is 11.1. The van der Waals surface area contributed by atoms with Gasteiger partial charge in [0, 0.05) is 5.56 Å². The third kappa shape index (κ3) is 3.29. The fourth-order valence-corrected chi connectivity index (χ4v) is 3.37. The van der Waals surface area contributed by atoms with E-state index in [1.807, 2.05) is 19.9 Å². The molecule has 0 bridgehead atoms. The average Bonchev–Trinajstić information content (AvgIpc) is 2.43. The quantitative estimate of drug-likeness (QED) is 0.874. The van der Waals surface area contributed by atoms with E-state index in [1.165, 1.54) is 18.2 Å². The van der Waals surface area contributed by atoms with Gasteiger partial charge in [0.25, 0.3) is 0 Å². The second-order valence-electron chi connectivity index (χ2n) is 4.92. The number of nitrogens with zero attached hydrogens (tertiary/aromatic N) is 1. The number of nitriles is 1. The van der Waals surface area contributed by atoms with Gasteiger partial charge in [-0.3, -0.25) is 0 Å². The maximum atomic E-state index is 13.8. The molecule has 21 heavy (non-hydrogen) atoms. The topological polar surface area (TPSA) is 57.9 Å². The Hall–Kier alpha value is -2.19. The molecule has 0 aliphatic carbocycles. The van der Waals surface area contributed by atoms with E-state index in [2.05, 4.69) is 0 Å². The first-order valence-corrected chi connectivity index (χ1v) is 7.97. The zero-order valence-electron chi connectivity index (χ0n) is 11.7. The zero-order chi connectivity index (χ0) is 15.6. The van der Waals surface area contributed by atoms with Gasteiger partial charge in [0.15, 0.2) is 9.84 Å². The molecule has 0 radical (unpaired) electrons. The summed E-state index contributed by atoms with van der Waals surface area (Å²) in [7, 11) is -3.62. The Kier molecular flexibility index (Phi) is 4.10. The van der Waals surface area contributed by atoms with Gasteiger partial charge < -0.3 is 0 Å². The largest absolute Gasteiger partial charge is 0.223 e. The molecule has 2 rings (SSSR count). The Bertz CT molecular complexity index is 836. The van der Waals surface area contributed by atoms with Gasteiger partial charge in [-0.2, -0.15) is 5.26 Å². The Morgan fingerprint density at radius 3 is 2.38 bits per heavy atom. The molecule has 3 nitrogen and oxygen atoms in total. The number of benzene rings is 2. The number of aryl methyl sites for hydroxylation is 2. The highest BCUT2D eigenvalue weighted by molar-refractivity contribution is 7.90. The van der Waals surface area contributed by atoms with Crippen molar-refractivity contribution in [2.24, 2.45) is 0 Å². The highest BCUT2D eigenvalue weighted by Gasteiger charge is 2.18. The van der Waals surface area contributed by atoms with E-state index in [0.29, 0.717) is 0 Å². The predicted molar refractivity (Wildman–Crippen MR) is 77.9 cm³/mol. The van der Waals surface area contributed by atoms with Crippen LogP contribution < -0.4 is 0 Å². The van der Waals surface area contributed by atoms with Crippen LogP contribution in [0.5, 0.6) is 0 Å². The lowest BCUT2D eigenvalue weighted by Gasteiger charge is -2.08. The van der Waals surface area contributed by atoms with Crippen LogP contribution in [0.2, 0.25) is 0 Å². The third-order valence-electron chi connectivity index (χ3n) is 3.37. The molecule has 0 saturated carbocycles. The van der Waals surface area contributed by atoms with Gasteiger partial charge >= 0.3 is 0 Å². The molecule has 0 aliphatic rings. The molecular formula is C16H14FNO2S. The van der Waals surface area contributed by atoms with Gasteiger partial charge in [0.05, 0.1) is 22.3 Å². The summed E-state index contributed by atoms with van der Waals surface area (Å²) in [5.74, 6) is -1.10. The van der Waals surface area contributed by atoms with Crippen molar-refractivity contribution in [3.05, 3.63) is 64.5 Å². The van der Waals surface area contributed by atoms with E-state index < -0.39 is 21.4 Å². The minimum atomic E-state index is -3.62. The first kappa shape index (κ1) is 15.2. The van der Waals surface area contributed by atoms with Crippen molar-refractivity contribution in [3.8, 4) is 6.07 Å². The molecule has 0 fully saturated rings. The van der Waals surface area contributed by atoms with Crippen molar-refractivity contribution in [3.63, 3.8) is 0 Å². The minimum absolute atomic E-state index is 0.0622. The average molecular weight is 303 g/mol. The first-order chi connectivity index (χ1) is 9.83. The molecule has 2 aromatic carbocycles. The monoisotopic (exact) mass is 303 g/mol. The maximum absolute atomic E-state index is 13.8. The molecule has 0 aromatic heterocycles. The zero-order valence-corrected chi connectivity index (χ0v) is 12.5. The van der Waals surface area contributed by atoms with Crippen molar-refractivity contribution in [1.29, 1.82) is 5.26 Å². The lowest BCUT2D eigenvalue weighted by atomic mass is 10.1. The molecule has 0 heterocycles. The van der Waals surface area contributed by atoms with Gasteiger partial charge in [0.2, 0.25) is 0 Å². The van der Waals surface area contributed by atoms with Gasteiger partial charge in [-0.05, 0) is 49.2 Å². The molecule has 0 spiro atoms. The van der Waals surface area contributed by atoms with Gasteiger partial charge in [-0.25, -0.2) is 12.8 Å². The SMILES string of the molecule is Cc1ccc(S(=O)(=O)Cc2ccc(C#N)cc2F)cc1C. The van der Waals surface area contributed by atoms with Crippen LogP contribution in [-0.2, 0) is 15.6 Å². The fourth-order valence-electron chi connectivity index (χ4n) is 1.93. The summed E-state index contributed by atoms with van der Waals surface area (Å²) in [6, 6.07) is 10.5. The number of rotatable bonds is 3. The van der Waals surface area contributed by atoms with E-state index in [9.17, 15) is 12.8 Å². The number of hydrogen-bond acceptors (Lipinski definition) is 3. The summed E-state index contributed by atoms with van der Waals surface area (Å²) in [6.07, 6.45) is 0. The van der Waals surface area contributed by atoms with Crippen LogP contribution in [0.25, 0.3) is 0 Å². The van der Waals surface area contributed by atoms with Gasteiger partial charge in [-0.1, -0.05) is 12.1 Å². The van der Waals surface area contributed by atoms with E-state index in [0.717, 1.165) is 17.2 Å². The summed E-state index contributed by atoms with van der Waals surface area (Å²) in [4.78, 5) is 0.175. The molecule has 0 atom stereocenters. The van der Waals surface area contributed by atoms with Crippen molar-refractivity contribution in [1.82, 2.24) is 0 Å². The molecule has 0 saturated heterocycles. The Morgan fingerprint density at radius 1 is 1.10 bits per heavy atom. The molecule has 0 amide bonds. The first-order valence-electron chi connectivity index (χ1n) is 6.32. The highest BCUT2D eigenvalue weighted by Crippen LogP contribution is 2.21. The van der Waals surface area contributed by atoms with Crippen LogP contribution in [0.15, 0.2) is 41.3 Å². The molecular weight excluding hydrogens is 289 g/mol. The van der Waals surface area contributed by atoms with Crippen LogP contribution >= 0.6 is 0 Å². The molecule has 0 N–H and O–H groups in total. The summed E-state index contributed by atoms with van der Waals surface area (Å²) < 4.78 is 38.5. The van der Waals surface area contributed by atoms with Crippen molar-refractivity contribution >= 4 is 9.84 Å². The second kappa shape index (κ2) is 5.66. The third-order valence-corrected chi connectivity index (χ3v) is 5.03. The van der Waals surface area contributed by atoms with Crippen LogP contribution in [0.4, 0.5) is 4.39 Å². The molecule has 0 unspecified atom stereocenters. The lowest BCUT2D eigenvalue weighted by molar-refractivity contribution is 0.587. The van der Waals surface area contributed by atoms with Crippen LogP contribution in [0.1, 0.15) is 22.3 Å². The van der Waals surface area contributed by atoms with Crippen LogP contribution in [0.3, 0.4) is 0 Å². The van der Waals surface area contributed by atoms with E-state index in [-0.39, 0.29) is 16.0 Å². The lowest BCUT2D eigenvalue weighted by Crippen LogP contribution is -2.07. The summed E-state index contributed by atoms with van der Waals surface area (Å²) in [5.41, 5.74) is 2.10. The van der Waals surface area contributed by atoms with E-state index in [4.69, 9.17) is 5.26 Å². The van der Waals surface area contributed by atoms with Crippen LogP contribution in [0, 0.1) is 31.0 Å². The smallest absolute Gasteiger partial charge is 0.182 e. The number of halogens is 1. The van der Waals surface area contributed by atoms with Crippen molar-refractivity contribution in [2.75, 3.05) is 0 Å². The molecule has 0 aliphatic heterocycles. The molecule has 2 aromatic rings. The Balaban J connectivity index is 2.37. The van der Waals surface area contributed by atoms with E-state index >= 15 is 0 Å². The number of hydrogen-bond donors (Lipinski definition) is 0. The maximum Gasteiger partial charge on any atom is 0.182 e. The predicted octanol–water partition coefficient (Wildman–Crippen LogP) is 3.29. The molecule has 5 heteroatoms. The minimum Gasteiger partial charge on any atom is -0.223 e. The van der Waals surface area contributed by atoms with Crippen molar-refractivity contribution in [2.45, 2.75) is 24.5 Å². The number of sulfone groups is 1. The summed E-state index contributed by atoms with van der Waals surface area (Å²) in [6.45, 7) is 3.72. The van der Waals surface area contributed by atoms with Gasteiger partial charge in [-0.15, -0.1) is 0 Å². The summed E-state index contributed by atoms with van der Waals surface area (Å²) >= 11 is 0.